The number of benzene rings is 1. The Morgan fingerprint density at radius 2 is 1.93 bits per heavy atom. The molecule has 1 aliphatic carbocycles. The lowest BCUT2D eigenvalue weighted by molar-refractivity contribution is 0.708. The number of halogens is 1. The lowest BCUT2D eigenvalue weighted by Gasteiger charge is -2.15. The van der Waals surface area contributed by atoms with Crippen LogP contribution in [0.15, 0.2) is 41.3 Å². The van der Waals surface area contributed by atoms with Crippen molar-refractivity contribution in [3.8, 4) is 0 Å². The number of fused-ring (bicyclic) bond motifs is 1. The molecule has 1 aliphatic rings. The number of anilines is 2. The third-order valence-corrected chi connectivity index (χ3v) is 6.07. The molecule has 0 fully saturated rings. The number of pyridine rings is 1. The van der Waals surface area contributed by atoms with Gasteiger partial charge in [-0.05, 0) is 68.5 Å². The summed E-state index contributed by atoms with van der Waals surface area (Å²) < 4.78 is 0. The van der Waals surface area contributed by atoms with Crippen LogP contribution < -0.4 is 5.32 Å². The maximum absolute atomic E-state index is 5.98. The number of H-pyrrole nitrogens is 1. The first kappa shape index (κ1) is 18.4. The van der Waals surface area contributed by atoms with E-state index >= 15 is 0 Å². The molecule has 4 rings (SSSR count). The second kappa shape index (κ2) is 8.36. The van der Waals surface area contributed by atoms with Gasteiger partial charge in [0.15, 0.2) is 5.82 Å². The Balaban J connectivity index is 1.60. The van der Waals surface area contributed by atoms with Gasteiger partial charge in [0.05, 0.1) is 5.69 Å². The van der Waals surface area contributed by atoms with Crippen molar-refractivity contribution in [1.82, 2.24) is 15.2 Å². The molecule has 2 N–H and O–H groups in total. The summed E-state index contributed by atoms with van der Waals surface area (Å²) >= 11 is 7.77. The van der Waals surface area contributed by atoms with E-state index in [9.17, 15) is 0 Å². The minimum absolute atomic E-state index is 0.767. The number of hydrogen-bond donors (Lipinski definition) is 2. The zero-order chi connectivity index (χ0) is 18.6. The second-order valence-electron chi connectivity index (χ2n) is 6.95. The molecular formula is C21H23ClN4S. The Hall–Kier alpha value is -1.98. The van der Waals surface area contributed by atoms with Crippen LogP contribution >= 0.6 is 23.4 Å². The van der Waals surface area contributed by atoms with Gasteiger partial charge in [-0.1, -0.05) is 18.0 Å². The molecule has 0 spiro atoms. The van der Waals surface area contributed by atoms with E-state index in [1.165, 1.54) is 35.4 Å². The van der Waals surface area contributed by atoms with Crippen LogP contribution in [0.4, 0.5) is 11.5 Å². The first-order valence-corrected chi connectivity index (χ1v) is 10.7. The number of nitrogens with zero attached hydrogens (tertiary/aromatic N) is 2. The number of nitrogens with one attached hydrogen (secondary N) is 2. The van der Waals surface area contributed by atoms with Gasteiger partial charge in [0, 0.05) is 38.8 Å². The summed E-state index contributed by atoms with van der Waals surface area (Å²) in [6, 6.07) is 12.2. The van der Waals surface area contributed by atoms with Gasteiger partial charge in [-0.2, -0.15) is 5.10 Å². The van der Waals surface area contributed by atoms with Crippen LogP contribution in [0.25, 0.3) is 0 Å². The monoisotopic (exact) mass is 398 g/mol. The molecule has 27 heavy (non-hydrogen) atoms. The maximum atomic E-state index is 5.98. The molecule has 0 radical (unpaired) electrons. The molecule has 6 heteroatoms. The molecule has 1 aromatic carbocycles. The summed E-state index contributed by atoms with van der Waals surface area (Å²) in [5.41, 5.74) is 5.91. The smallest absolute Gasteiger partial charge is 0.152 e. The number of aryl methyl sites for hydroxylation is 2. The van der Waals surface area contributed by atoms with Crippen molar-refractivity contribution in [3.05, 3.63) is 64.1 Å². The first-order chi connectivity index (χ1) is 13.2. The average molecular weight is 399 g/mol. The third kappa shape index (κ3) is 4.66. The summed E-state index contributed by atoms with van der Waals surface area (Å²) in [6.45, 7) is 2.01. The summed E-state index contributed by atoms with van der Waals surface area (Å²) in [4.78, 5) is 6.20. The fraction of sp³-hybridized carbons (Fsp3) is 0.333. The molecular weight excluding hydrogens is 376 g/mol. The zero-order valence-electron chi connectivity index (χ0n) is 15.4. The lowest BCUT2D eigenvalue weighted by Crippen LogP contribution is -2.05. The van der Waals surface area contributed by atoms with E-state index in [1.807, 2.05) is 25.1 Å². The van der Waals surface area contributed by atoms with E-state index in [-0.39, 0.29) is 0 Å². The van der Waals surface area contributed by atoms with Gasteiger partial charge in [0.25, 0.3) is 0 Å². The second-order valence-corrected chi connectivity index (χ2v) is 8.44. The van der Waals surface area contributed by atoms with Crippen molar-refractivity contribution >= 4 is 34.9 Å². The van der Waals surface area contributed by atoms with Gasteiger partial charge in [-0.25, -0.2) is 0 Å². The van der Waals surface area contributed by atoms with Gasteiger partial charge < -0.3 is 5.32 Å². The molecule has 140 valence electrons. The topological polar surface area (TPSA) is 53.6 Å². The first-order valence-electron chi connectivity index (χ1n) is 9.36. The third-order valence-electron chi connectivity index (χ3n) is 4.77. The normalized spacial score (nSPS) is 13.9. The predicted molar refractivity (Wildman–Crippen MR) is 113 cm³/mol. The van der Waals surface area contributed by atoms with Crippen LogP contribution in [0.2, 0.25) is 5.02 Å². The van der Waals surface area contributed by atoms with Crippen LogP contribution in [0.1, 0.15) is 41.9 Å². The van der Waals surface area contributed by atoms with Crippen LogP contribution in [0.5, 0.6) is 0 Å². The van der Waals surface area contributed by atoms with Gasteiger partial charge in [-0.3, -0.25) is 10.1 Å². The number of hydrogen-bond acceptors (Lipinski definition) is 4. The van der Waals surface area contributed by atoms with E-state index in [1.54, 1.807) is 11.8 Å². The molecule has 0 saturated carbocycles. The van der Waals surface area contributed by atoms with Crippen LogP contribution in [0, 0.1) is 6.92 Å². The maximum Gasteiger partial charge on any atom is 0.152 e. The summed E-state index contributed by atoms with van der Waals surface area (Å²) in [5.74, 6) is 1.70. The van der Waals surface area contributed by atoms with E-state index in [2.05, 4.69) is 33.7 Å². The van der Waals surface area contributed by atoms with Crippen molar-refractivity contribution < 1.29 is 0 Å². The number of thioether (sulfide) groups is 1. The highest BCUT2D eigenvalue weighted by molar-refractivity contribution is 7.98. The highest BCUT2D eigenvalue weighted by atomic mass is 35.5. The Kier molecular flexibility index (Phi) is 5.69. The Morgan fingerprint density at radius 1 is 1.11 bits per heavy atom. The molecule has 4 nitrogen and oxygen atoms in total. The van der Waals surface area contributed by atoms with Gasteiger partial charge in [-0.15, -0.1) is 11.8 Å². The largest absolute Gasteiger partial charge is 0.338 e. The molecule has 0 atom stereocenters. The summed E-state index contributed by atoms with van der Waals surface area (Å²) in [5, 5.41) is 11.6. The summed E-state index contributed by atoms with van der Waals surface area (Å²) in [6.07, 6.45) is 5.85. The molecule has 0 aliphatic heterocycles. The highest BCUT2D eigenvalue weighted by Crippen LogP contribution is 2.31. The summed E-state index contributed by atoms with van der Waals surface area (Å²) in [7, 11) is 0. The number of aromatic amines is 1. The standard InChI is InChI=1S/C21H23ClN4S/c1-14-11-21(26-25-14)24-20-12-16(13-27-17-9-7-15(22)8-10-17)23-19-6-4-2-3-5-18(19)20/h7-12H,2-6,13H2,1H3,(H2,23,24,25,26). The van der Waals surface area contributed by atoms with Crippen LogP contribution in [0.3, 0.4) is 0 Å². The van der Waals surface area contributed by atoms with E-state index in [4.69, 9.17) is 16.6 Å². The van der Waals surface area contributed by atoms with Crippen LogP contribution in [-0.4, -0.2) is 15.2 Å². The van der Waals surface area contributed by atoms with Crippen molar-refractivity contribution in [2.75, 3.05) is 5.32 Å². The number of aromatic nitrogens is 3. The predicted octanol–water partition coefficient (Wildman–Crippen LogP) is 6.07. The van der Waals surface area contributed by atoms with E-state index in [0.717, 1.165) is 46.5 Å². The number of rotatable bonds is 5. The Morgan fingerprint density at radius 3 is 2.70 bits per heavy atom. The quantitative estimate of drug-likeness (QED) is 0.404. The lowest BCUT2D eigenvalue weighted by atomic mass is 10.1. The van der Waals surface area contributed by atoms with Gasteiger partial charge in [0.1, 0.15) is 0 Å². The zero-order valence-corrected chi connectivity index (χ0v) is 17.0. The van der Waals surface area contributed by atoms with Crippen molar-refractivity contribution in [2.24, 2.45) is 0 Å². The minimum atomic E-state index is 0.767. The van der Waals surface area contributed by atoms with Crippen molar-refractivity contribution in [3.63, 3.8) is 0 Å². The molecule has 0 unspecified atom stereocenters. The SMILES string of the molecule is Cc1cc(Nc2cc(CSc3ccc(Cl)cc3)nc3c2CCCCC3)n[nH]1. The average Bonchev–Trinajstić information content (AvgIpc) is 2.92. The van der Waals surface area contributed by atoms with Crippen molar-refractivity contribution in [1.29, 1.82) is 0 Å². The molecule has 3 aromatic rings. The van der Waals surface area contributed by atoms with E-state index < -0.39 is 0 Å². The van der Waals surface area contributed by atoms with Gasteiger partial charge >= 0.3 is 0 Å². The molecule has 0 bridgehead atoms. The minimum Gasteiger partial charge on any atom is -0.338 e. The van der Waals surface area contributed by atoms with E-state index in [0.29, 0.717) is 0 Å². The Bertz CT molecular complexity index is 920. The van der Waals surface area contributed by atoms with Crippen LogP contribution in [-0.2, 0) is 18.6 Å². The Labute approximate surface area is 169 Å². The van der Waals surface area contributed by atoms with Gasteiger partial charge in [0.2, 0.25) is 0 Å². The molecule has 2 heterocycles. The molecule has 2 aromatic heterocycles. The fourth-order valence-corrected chi connectivity index (χ4v) is 4.35. The highest BCUT2D eigenvalue weighted by Gasteiger charge is 2.16. The fourth-order valence-electron chi connectivity index (χ4n) is 3.43. The molecule has 0 saturated heterocycles. The molecule has 0 amide bonds. The van der Waals surface area contributed by atoms with Crippen molar-refractivity contribution in [2.45, 2.75) is 49.7 Å².